The molecule has 0 radical (unpaired) electrons. The second-order valence-corrected chi connectivity index (χ2v) is 17.4. The van der Waals surface area contributed by atoms with Gasteiger partial charge in [0.1, 0.15) is 56.4 Å². The third kappa shape index (κ3) is 20.3. The van der Waals surface area contributed by atoms with Crippen LogP contribution in [0.25, 0.3) is 0 Å². The minimum absolute atomic E-state index is 0.0612. The highest BCUT2D eigenvalue weighted by Gasteiger charge is 2.59. The first kappa shape index (κ1) is 61.6. The van der Waals surface area contributed by atoms with Gasteiger partial charge in [0.2, 0.25) is 5.91 Å². The van der Waals surface area contributed by atoms with Gasteiger partial charge >= 0.3 is 59.7 Å². The van der Waals surface area contributed by atoms with Crippen LogP contribution in [0, 0.1) is 0 Å². The molecule has 3 fully saturated rings. The van der Waals surface area contributed by atoms with Crippen molar-refractivity contribution < 1.29 is 129 Å². The number of rotatable bonds is 24. The summed E-state index contributed by atoms with van der Waals surface area (Å²) in [5, 5.41) is 2.62. The summed E-state index contributed by atoms with van der Waals surface area (Å²) in [4.78, 5) is 138. The molecule has 29 heteroatoms. The summed E-state index contributed by atoms with van der Waals surface area (Å²) < 4.78 is 91.9. The van der Waals surface area contributed by atoms with E-state index in [0.717, 1.165) is 69.2 Å². The maximum atomic E-state index is 13.1. The molecular formula is C44H63NO27S. The highest BCUT2D eigenvalue weighted by molar-refractivity contribution is 7.99. The Labute approximate surface area is 423 Å². The number of nitrogens with one attached hydrogen (secondary N) is 1. The van der Waals surface area contributed by atoms with E-state index in [4.69, 9.17) is 71.1 Å². The molecule has 0 aromatic carbocycles. The van der Waals surface area contributed by atoms with Crippen LogP contribution in [0.4, 0.5) is 0 Å². The van der Waals surface area contributed by atoms with E-state index >= 15 is 0 Å². The van der Waals surface area contributed by atoms with E-state index in [9.17, 15) is 52.7 Å². The quantitative estimate of drug-likeness (QED) is 0.0690. The van der Waals surface area contributed by atoms with Crippen LogP contribution < -0.4 is 5.32 Å². The van der Waals surface area contributed by atoms with E-state index in [1.165, 1.54) is 18.9 Å². The number of thioether (sulfide) groups is 1. The van der Waals surface area contributed by atoms with Crippen molar-refractivity contribution in [1.82, 2.24) is 5.32 Å². The van der Waals surface area contributed by atoms with E-state index in [1.54, 1.807) is 0 Å². The molecule has 0 spiro atoms. The molecule has 0 bridgehead atoms. The lowest BCUT2D eigenvalue weighted by Gasteiger charge is -2.50. The highest BCUT2D eigenvalue weighted by atomic mass is 32.2. The van der Waals surface area contributed by atoms with E-state index < -0.39 is 177 Å². The molecule has 0 aromatic rings. The summed E-state index contributed by atoms with van der Waals surface area (Å²) in [7, 11) is 1.25. The van der Waals surface area contributed by atoms with Gasteiger partial charge in [-0.15, -0.1) is 0 Å². The fourth-order valence-corrected chi connectivity index (χ4v) is 8.31. The summed E-state index contributed by atoms with van der Waals surface area (Å²) in [6, 6.07) is -1.41. The number of hydrogen-bond donors (Lipinski definition) is 1. The van der Waals surface area contributed by atoms with Gasteiger partial charge in [-0.3, -0.25) is 52.7 Å². The zero-order valence-corrected chi connectivity index (χ0v) is 42.9. The van der Waals surface area contributed by atoms with Crippen LogP contribution in [-0.2, 0) is 129 Å². The molecule has 1 N–H and O–H groups in total. The molecule has 0 unspecified atom stereocenters. The number of amides is 1. The van der Waals surface area contributed by atoms with E-state index in [1.807, 2.05) is 0 Å². The van der Waals surface area contributed by atoms with Gasteiger partial charge in [0.15, 0.2) is 55.5 Å². The van der Waals surface area contributed by atoms with Crippen molar-refractivity contribution in [2.24, 2.45) is 0 Å². The summed E-state index contributed by atoms with van der Waals surface area (Å²) >= 11 is 1.32. The number of hydrogen-bond acceptors (Lipinski definition) is 28. The number of methoxy groups -OCH3 is 1. The van der Waals surface area contributed by atoms with Gasteiger partial charge in [0.25, 0.3) is 0 Å². The lowest BCUT2D eigenvalue weighted by molar-refractivity contribution is -0.375. The summed E-state index contributed by atoms with van der Waals surface area (Å²) in [6.07, 6.45) is -24.4. The van der Waals surface area contributed by atoms with E-state index in [0.29, 0.717) is 11.5 Å². The van der Waals surface area contributed by atoms with E-state index in [-0.39, 0.29) is 13.0 Å². The fourth-order valence-electron chi connectivity index (χ4n) is 7.58. The average molecular weight is 1070 g/mol. The molecule has 0 aliphatic carbocycles. The number of carbonyl (C=O) groups excluding carboxylic acids is 11. The predicted molar refractivity (Wildman–Crippen MR) is 236 cm³/mol. The summed E-state index contributed by atoms with van der Waals surface area (Å²) in [5.74, 6) is -8.93. The topological polar surface area (TPSA) is 347 Å². The number of carbonyl (C=O) groups is 11. The Balaban J connectivity index is 2.25. The largest absolute Gasteiger partial charge is 0.469 e. The molecule has 15 atom stereocenters. The van der Waals surface area contributed by atoms with Gasteiger partial charge in [-0.25, -0.2) is 0 Å². The lowest BCUT2D eigenvalue weighted by atomic mass is 9.94. The zero-order valence-electron chi connectivity index (χ0n) is 42.0. The molecule has 0 saturated carbocycles. The molecule has 3 rings (SSSR count). The first-order valence-corrected chi connectivity index (χ1v) is 23.7. The Bertz CT molecular complexity index is 1970. The number of ether oxygens (including phenoxy) is 16. The Morgan fingerprint density at radius 3 is 1.18 bits per heavy atom. The second-order valence-electron chi connectivity index (χ2n) is 16.2. The molecule has 28 nitrogen and oxygen atoms in total. The zero-order chi connectivity index (χ0) is 54.7. The monoisotopic (exact) mass is 1070 g/mol. The fraction of sp³-hybridized carbons (Fsp3) is 0.750. The molecular weight excluding hydrogens is 1010 g/mol. The van der Waals surface area contributed by atoms with Crippen LogP contribution in [-0.4, -0.2) is 203 Å². The Morgan fingerprint density at radius 1 is 0.425 bits per heavy atom. The normalized spacial score (nSPS) is 29.7. The predicted octanol–water partition coefficient (Wildman–Crippen LogP) is -0.971. The minimum atomic E-state index is -2.00. The molecule has 3 saturated heterocycles. The summed E-state index contributed by atoms with van der Waals surface area (Å²) in [6.45, 7) is 8.04. The molecule has 3 aliphatic heterocycles. The van der Waals surface area contributed by atoms with Crippen molar-refractivity contribution in [2.45, 2.75) is 168 Å². The van der Waals surface area contributed by atoms with Crippen LogP contribution in [0.2, 0.25) is 0 Å². The molecule has 412 valence electrons. The van der Waals surface area contributed by atoms with Crippen molar-refractivity contribution in [3.63, 3.8) is 0 Å². The third-order valence-corrected chi connectivity index (χ3v) is 11.1. The van der Waals surface area contributed by atoms with Crippen molar-refractivity contribution >= 4 is 77.4 Å². The first-order chi connectivity index (χ1) is 34.3. The molecule has 1 amide bonds. The van der Waals surface area contributed by atoms with E-state index in [2.05, 4.69) is 10.1 Å². The second kappa shape index (κ2) is 29.8. The van der Waals surface area contributed by atoms with Crippen LogP contribution in [0.15, 0.2) is 0 Å². The highest BCUT2D eigenvalue weighted by Crippen LogP contribution is 2.38. The lowest BCUT2D eigenvalue weighted by Crippen LogP contribution is -2.70. The Morgan fingerprint density at radius 2 is 0.781 bits per heavy atom. The third-order valence-electron chi connectivity index (χ3n) is 10.1. The molecule has 3 heterocycles. The molecule has 3 aliphatic rings. The van der Waals surface area contributed by atoms with Crippen molar-refractivity contribution in [3.8, 4) is 0 Å². The number of esters is 10. The standard InChI is InChI=1S/C44H63NO27S/c1-19(46)45-33-37(63-24(6)51)34(29(16-59-20(2)47)68-42(33)58-13-15-73-14-12-32(56)57-11)71-43-41(67-28(10)55)39(65-26(8)53)36(31(70-43)18-61-22(4)49)72-44-40(66-27(9)54)38(64-25(7)52)35(62-23(5)50)30(69-44)17-60-21(3)48/h29-31,33-44H,12-18H2,1-11H3,(H,45,46)/t29-,30-,31-,33+,34-,35+,36+,37-,38+,39+,40-,41-,42+,43+,44+/m1/s1. The minimum Gasteiger partial charge on any atom is -0.469 e. The Kier molecular flexibility index (Phi) is 25.2. The average Bonchev–Trinajstić information content (AvgIpc) is 3.27. The van der Waals surface area contributed by atoms with Crippen LogP contribution in [0.1, 0.15) is 75.7 Å². The van der Waals surface area contributed by atoms with Crippen LogP contribution in [0.3, 0.4) is 0 Å². The Hall–Kier alpha value is -5.72. The van der Waals surface area contributed by atoms with Crippen molar-refractivity contribution in [3.05, 3.63) is 0 Å². The van der Waals surface area contributed by atoms with Crippen LogP contribution >= 0.6 is 11.8 Å². The first-order valence-electron chi connectivity index (χ1n) is 22.6. The van der Waals surface area contributed by atoms with Gasteiger partial charge in [-0.1, -0.05) is 0 Å². The van der Waals surface area contributed by atoms with Crippen molar-refractivity contribution in [2.75, 3.05) is 45.0 Å². The smallest absolute Gasteiger partial charge is 0.306 e. The molecule has 73 heavy (non-hydrogen) atoms. The van der Waals surface area contributed by atoms with Gasteiger partial charge < -0.3 is 81.1 Å². The van der Waals surface area contributed by atoms with Crippen molar-refractivity contribution in [1.29, 1.82) is 0 Å². The van der Waals surface area contributed by atoms with Gasteiger partial charge in [0, 0.05) is 80.7 Å². The maximum Gasteiger partial charge on any atom is 0.306 e. The van der Waals surface area contributed by atoms with Crippen LogP contribution in [0.5, 0.6) is 0 Å². The summed E-state index contributed by atoms with van der Waals surface area (Å²) in [5.41, 5.74) is 0. The SMILES string of the molecule is COC(=O)CCSCCO[C@H]1O[C@H](COC(C)=O)[C@@H](O[C@@H]2O[C@H](COC(C)=O)[C@H](O[C@@H]3O[C@H](COC(C)=O)[C@H](OC(C)=O)[C@H](OC(C)=O)[C@H]3OC(C)=O)[C@H](OC(C)=O)[C@H]2OC(C)=O)[C@H](OC(C)=O)[C@@H]1NC(C)=O. The van der Waals surface area contributed by atoms with Gasteiger partial charge in [-0.2, -0.15) is 11.8 Å². The van der Waals surface area contributed by atoms with Gasteiger partial charge in [0.05, 0.1) is 20.1 Å². The molecule has 0 aromatic heterocycles. The van der Waals surface area contributed by atoms with Gasteiger partial charge in [-0.05, 0) is 0 Å². The maximum absolute atomic E-state index is 13.1.